The Morgan fingerprint density at radius 1 is 1.31 bits per heavy atom. The van der Waals surface area contributed by atoms with Crippen LogP contribution in [-0.4, -0.2) is 12.4 Å². The minimum absolute atomic E-state index is 0.0268. The fourth-order valence-electron chi connectivity index (χ4n) is 2.13. The van der Waals surface area contributed by atoms with Crippen molar-refractivity contribution in [2.24, 2.45) is 0 Å². The standard InChI is InChI=1S/C13H19NO2/c1-3-13(4-2)15-9-12(16-13)10-7-5-6-8-11(10)14/h5-8,12H,3-4,9,14H2,1-2H3. The quantitative estimate of drug-likeness (QED) is 0.798. The first kappa shape index (κ1) is 11.4. The van der Waals surface area contributed by atoms with Gasteiger partial charge >= 0.3 is 0 Å². The van der Waals surface area contributed by atoms with E-state index in [1.165, 1.54) is 0 Å². The number of nitrogens with two attached hydrogens (primary N) is 1. The first-order valence-electron chi connectivity index (χ1n) is 5.87. The highest BCUT2D eigenvalue weighted by atomic mass is 16.7. The van der Waals surface area contributed by atoms with Crippen LogP contribution in [0.5, 0.6) is 0 Å². The molecule has 0 radical (unpaired) electrons. The van der Waals surface area contributed by atoms with Crippen LogP contribution in [0.3, 0.4) is 0 Å². The summed E-state index contributed by atoms with van der Waals surface area (Å²) in [6, 6.07) is 7.82. The van der Waals surface area contributed by atoms with Crippen molar-refractivity contribution in [3.63, 3.8) is 0 Å². The van der Waals surface area contributed by atoms with Gasteiger partial charge in [-0.25, -0.2) is 0 Å². The molecule has 0 amide bonds. The molecule has 2 N–H and O–H groups in total. The maximum absolute atomic E-state index is 6.01. The van der Waals surface area contributed by atoms with E-state index in [0.29, 0.717) is 6.61 Å². The molecule has 0 spiro atoms. The number of anilines is 1. The van der Waals surface area contributed by atoms with Crippen LogP contribution in [0.25, 0.3) is 0 Å². The van der Waals surface area contributed by atoms with Crippen molar-refractivity contribution in [3.8, 4) is 0 Å². The Kier molecular flexibility index (Phi) is 3.17. The molecule has 0 bridgehead atoms. The maximum atomic E-state index is 6.01. The third kappa shape index (κ3) is 1.93. The normalized spacial score (nSPS) is 23.5. The van der Waals surface area contributed by atoms with Crippen molar-refractivity contribution in [3.05, 3.63) is 29.8 Å². The zero-order valence-corrected chi connectivity index (χ0v) is 9.90. The van der Waals surface area contributed by atoms with Crippen LogP contribution >= 0.6 is 0 Å². The molecular weight excluding hydrogens is 202 g/mol. The summed E-state index contributed by atoms with van der Waals surface area (Å²) in [7, 11) is 0. The molecule has 0 aromatic heterocycles. The van der Waals surface area contributed by atoms with Gasteiger partial charge in [0.05, 0.1) is 6.61 Å². The number of ether oxygens (including phenoxy) is 2. The predicted octanol–water partition coefficient (Wildman–Crippen LogP) is 2.87. The summed E-state index contributed by atoms with van der Waals surface area (Å²) in [6.45, 7) is 4.76. The van der Waals surface area contributed by atoms with Gasteiger partial charge in [0.2, 0.25) is 0 Å². The minimum atomic E-state index is -0.410. The van der Waals surface area contributed by atoms with Crippen LogP contribution in [0, 0.1) is 0 Å². The van der Waals surface area contributed by atoms with Gasteiger partial charge in [0.25, 0.3) is 0 Å². The molecule has 1 aromatic carbocycles. The molecule has 1 unspecified atom stereocenters. The summed E-state index contributed by atoms with van der Waals surface area (Å²) < 4.78 is 11.8. The maximum Gasteiger partial charge on any atom is 0.168 e. The van der Waals surface area contributed by atoms with E-state index in [-0.39, 0.29) is 6.10 Å². The highest BCUT2D eigenvalue weighted by molar-refractivity contribution is 5.47. The lowest BCUT2D eigenvalue weighted by Gasteiger charge is -2.25. The van der Waals surface area contributed by atoms with Gasteiger partial charge < -0.3 is 15.2 Å². The molecule has 1 saturated heterocycles. The molecule has 3 nitrogen and oxygen atoms in total. The molecule has 1 heterocycles. The predicted molar refractivity (Wildman–Crippen MR) is 63.9 cm³/mol. The summed E-state index contributed by atoms with van der Waals surface area (Å²) in [5, 5.41) is 0. The molecule has 88 valence electrons. The van der Waals surface area contributed by atoms with Gasteiger partial charge in [-0.2, -0.15) is 0 Å². The Morgan fingerprint density at radius 2 is 2.00 bits per heavy atom. The van der Waals surface area contributed by atoms with E-state index in [4.69, 9.17) is 15.2 Å². The fraction of sp³-hybridized carbons (Fsp3) is 0.538. The van der Waals surface area contributed by atoms with E-state index in [0.717, 1.165) is 24.1 Å². The molecule has 1 aliphatic heterocycles. The van der Waals surface area contributed by atoms with E-state index >= 15 is 0 Å². The largest absolute Gasteiger partial charge is 0.398 e. The molecule has 1 aliphatic rings. The Balaban J connectivity index is 2.18. The lowest BCUT2D eigenvalue weighted by atomic mass is 10.1. The monoisotopic (exact) mass is 221 g/mol. The number of nitrogen functional groups attached to an aromatic ring is 1. The van der Waals surface area contributed by atoms with Crippen LogP contribution in [0.1, 0.15) is 38.4 Å². The molecular formula is C13H19NO2. The second-order valence-electron chi connectivity index (χ2n) is 4.16. The van der Waals surface area contributed by atoms with E-state index in [1.54, 1.807) is 0 Å². The average molecular weight is 221 g/mol. The van der Waals surface area contributed by atoms with Crippen LogP contribution in [-0.2, 0) is 9.47 Å². The van der Waals surface area contributed by atoms with E-state index < -0.39 is 5.79 Å². The van der Waals surface area contributed by atoms with Crippen molar-refractivity contribution in [2.45, 2.75) is 38.6 Å². The highest BCUT2D eigenvalue weighted by Gasteiger charge is 2.39. The van der Waals surface area contributed by atoms with E-state index in [9.17, 15) is 0 Å². The lowest BCUT2D eigenvalue weighted by molar-refractivity contribution is -0.172. The number of para-hydroxylation sites is 1. The molecule has 0 aliphatic carbocycles. The summed E-state index contributed by atoms with van der Waals surface area (Å²) in [6.07, 6.45) is 1.71. The van der Waals surface area contributed by atoms with Crippen molar-refractivity contribution >= 4 is 5.69 Å². The average Bonchev–Trinajstić information content (AvgIpc) is 2.75. The zero-order chi connectivity index (χ0) is 11.6. The third-order valence-electron chi connectivity index (χ3n) is 3.28. The summed E-state index contributed by atoms with van der Waals surface area (Å²) >= 11 is 0. The minimum Gasteiger partial charge on any atom is -0.398 e. The van der Waals surface area contributed by atoms with Gasteiger partial charge in [0, 0.05) is 11.3 Å². The van der Waals surface area contributed by atoms with Crippen molar-refractivity contribution in [1.29, 1.82) is 0 Å². The number of benzene rings is 1. The topological polar surface area (TPSA) is 44.5 Å². The first-order chi connectivity index (χ1) is 7.71. The second-order valence-corrected chi connectivity index (χ2v) is 4.16. The van der Waals surface area contributed by atoms with Crippen LogP contribution in [0.4, 0.5) is 5.69 Å². The molecule has 16 heavy (non-hydrogen) atoms. The van der Waals surface area contributed by atoms with Gasteiger partial charge in [0.15, 0.2) is 5.79 Å². The molecule has 0 saturated carbocycles. The van der Waals surface area contributed by atoms with Gasteiger partial charge in [0.1, 0.15) is 6.10 Å². The van der Waals surface area contributed by atoms with E-state index in [1.807, 2.05) is 24.3 Å². The van der Waals surface area contributed by atoms with Crippen molar-refractivity contribution in [1.82, 2.24) is 0 Å². The van der Waals surface area contributed by atoms with Crippen LogP contribution in [0.15, 0.2) is 24.3 Å². The smallest absolute Gasteiger partial charge is 0.168 e. The lowest BCUT2D eigenvalue weighted by Crippen LogP contribution is -2.27. The molecule has 3 heteroatoms. The number of hydrogen-bond acceptors (Lipinski definition) is 3. The van der Waals surface area contributed by atoms with Crippen molar-refractivity contribution in [2.75, 3.05) is 12.3 Å². The Labute approximate surface area is 96.5 Å². The molecule has 1 fully saturated rings. The Bertz CT molecular complexity index is 361. The van der Waals surface area contributed by atoms with Gasteiger partial charge in [-0.05, 0) is 18.9 Å². The third-order valence-corrected chi connectivity index (χ3v) is 3.28. The zero-order valence-electron chi connectivity index (χ0n) is 9.90. The summed E-state index contributed by atoms with van der Waals surface area (Å²) in [4.78, 5) is 0. The second kappa shape index (κ2) is 4.44. The van der Waals surface area contributed by atoms with Crippen LogP contribution in [0.2, 0.25) is 0 Å². The fourth-order valence-corrected chi connectivity index (χ4v) is 2.13. The number of hydrogen-bond donors (Lipinski definition) is 1. The highest BCUT2D eigenvalue weighted by Crippen LogP contribution is 2.39. The molecule has 1 aromatic rings. The molecule has 1 atom stereocenters. The van der Waals surface area contributed by atoms with Gasteiger partial charge in [-0.3, -0.25) is 0 Å². The summed E-state index contributed by atoms with van der Waals surface area (Å²) in [5.74, 6) is -0.410. The Morgan fingerprint density at radius 3 is 2.56 bits per heavy atom. The van der Waals surface area contributed by atoms with Crippen molar-refractivity contribution < 1.29 is 9.47 Å². The first-order valence-corrected chi connectivity index (χ1v) is 5.87. The SMILES string of the molecule is CCC1(CC)OCC(c2ccccc2N)O1. The van der Waals surface area contributed by atoms with Crippen LogP contribution < -0.4 is 5.73 Å². The number of rotatable bonds is 3. The molecule has 2 rings (SSSR count). The Hall–Kier alpha value is -1.06. The van der Waals surface area contributed by atoms with Gasteiger partial charge in [-0.15, -0.1) is 0 Å². The van der Waals surface area contributed by atoms with Gasteiger partial charge in [-0.1, -0.05) is 32.0 Å². The van der Waals surface area contributed by atoms with E-state index in [2.05, 4.69) is 13.8 Å². The summed E-state index contributed by atoms with van der Waals surface area (Å²) in [5.41, 5.74) is 7.75.